The normalized spacial score (nSPS) is 10.6. The smallest absolute Gasteiger partial charge is 1.00 e. The first-order chi connectivity index (χ1) is 9.62. The fourth-order valence-electron chi connectivity index (χ4n) is 1.94. The molecule has 127 valence electrons. The SMILES string of the molecule is CCCCCCC(=O)CC.CCCCCCC(O)CC.[B].[H-].[Na+]. The van der Waals surface area contributed by atoms with Gasteiger partial charge in [0.05, 0.1) is 6.10 Å². The summed E-state index contributed by atoms with van der Waals surface area (Å²) in [6, 6.07) is 0. The van der Waals surface area contributed by atoms with Gasteiger partial charge in [-0.3, -0.25) is 4.79 Å². The van der Waals surface area contributed by atoms with E-state index in [9.17, 15) is 4.79 Å². The number of aliphatic hydroxyl groups is 1. The molecule has 0 saturated carbocycles. The standard InChI is InChI=1S/C9H20O.C9H18O.B.Na.H/c2*1-3-5-6-7-8-9(10)4-2;;;/h9-10H,3-8H2,1-2H3;3-8H2,1-2H3;;;/q;;;+1;-1. The predicted molar refractivity (Wildman–Crippen MR) is 96.0 cm³/mol. The molecule has 1 N–H and O–H groups in total. The van der Waals surface area contributed by atoms with E-state index in [0.29, 0.717) is 12.2 Å². The molecule has 0 aromatic rings. The van der Waals surface area contributed by atoms with Gasteiger partial charge in [-0.25, -0.2) is 0 Å². The van der Waals surface area contributed by atoms with Crippen LogP contribution in [0.4, 0.5) is 0 Å². The van der Waals surface area contributed by atoms with Crippen LogP contribution in [0.1, 0.15) is 106 Å². The summed E-state index contributed by atoms with van der Waals surface area (Å²) in [6.07, 6.45) is 13.3. The fraction of sp³-hybridized carbons (Fsp3) is 0.944. The minimum Gasteiger partial charge on any atom is -1.00 e. The second-order valence-electron chi connectivity index (χ2n) is 5.61. The van der Waals surface area contributed by atoms with Gasteiger partial charge in [-0.1, -0.05) is 72.6 Å². The number of unbranched alkanes of at least 4 members (excludes halogenated alkanes) is 6. The van der Waals surface area contributed by atoms with Crippen molar-refractivity contribution >= 4 is 14.2 Å². The minimum absolute atomic E-state index is 0. The number of hydrogen-bond donors (Lipinski definition) is 1. The zero-order chi connectivity index (χ0) is 15.6. The van der Waals surface area contributed by atoms with Crippen molar-refractivity contribution in [1.29, 1.82) is 0 Å². The molecule has 0 bridgehead atoms. The summed E-state index contributed by atoms with van der Waals surface area (Å²) in [4.78, 5) is 10.8. The molecular formula is C18H39BNaO2. The maximum absolute atomic E-state index is 10.8. The summed E-state index contributed by atoms with van der Waals surface area (Å²) in [6.45, 7) is 8.35. The van der Waals surface area contributed by atoms with E-state index in [1.807, 2.05) is 13.8 Å². The summed E-state index contributed by atoms with van der Waals surface area (Å²) in [5.41, 5.74) is 0. The van der Waals surface area contributed by atoms with E-state index in [2.05, 4.69) is 13.8 Å². The number of hydrogen-bond acceptors (Lipinski definition) is 2. The molecule has 1 unspecified atom stereocenters. The van der Waals surface area contributed by atoms with E-state index >= 15 is 0 Å². The van der Waals surface area contributed by atoms with Crippen LogP contribution in [0.15, 0.2) is 0 Å². The number of ketones is 1. The Kier molecular flexibility index (Phi) is 36.9. The average Bonchev–Trinajstić information content (AvgIpc) is 2.48. The van der Waals surface area contributed by atoms with E-state index < -0.39 is 0 Å². The molecular weight excluding hydrogens is 282 g/mol. The first kappa shape index (κ1) is 30.6. The van der Waals surface area contributed by atoms with E-state index in [-0.39, 0.29) is 45.5 Å². The van der Waals surface area contributed by atoms with Gasteiger partial charge in [0, 0.05) is 21.3 Å². The first-order valence-electron chi connectivity index (χ1n) is 8.81. The summed E-state index contributed by atoms with van der Waals surface area (Å²) < 4.78 is 0. The molecule has 2 nitrogen and oxygen atoms in total. The van der Waals surface area contributed by atoms with Crippen molar-refractivity contribution in [2.24, 2.45) is 0 Å². The quantitative estimate of drug-likeness (QED) is 0.443. The van der Waals surface area contributed by atoms with Crippen molar-refractivity contribution in [3.8, 4) is 0 Å². The van der Waals surface area contributed by atoms with E-state index in [1.165, 1.54) is 44.9 Å². The van der Waals surface area contributed by atoms with Crippen molar-refractivity contribution < 1.29 is 40.9 Å². The number of carbonyl (C=O) groups excluding carboxylic acids is 1. The molecule has 0 fully saturated rings. The summed E-state index contributed by atoms with van der Waals surface area (Å²) >= 11 is 0. The van der Waals surface area contributed by atoms with Crippen molar-refractivity contribution in [3.63, 3.8) is 0 Å². The van der Waals surface area contributed by atoms with Gasteiger partial charge in [0.2, 0.25) is 0 Å². The Morgan fingerprint density at radius 3 is 1.82 bits per heavy atom. The van der Waals surface area contributed by atoms with Crippen LogP contribution in [0.25, 0.3) is 0 Å². The molecule has 0 aromatic heterocycles. The summed E-state index contributed by atoms with van der Waals surface area (Å²) in [7, 11) is 0. The molecule has 0 spiro atoms. The van der Waals surface area contributed by atoms with Gasteiger partial charge in [-0.15, -0.1) is 0 Å². The Balaban J connectivity index is -0.0000000831. The maximum atomic E-state index is 10.8. The van der Waals surface area contributed by atoms with Crippen LogP contribution in [0, 0.1) is 0 Å². The summed E-state index contributed by atoms with van der Waals surface area (Å²) in [5, 5.41) is 9.16. The molecule has 0 aliphatic heterocycles. The van der Waals surface area contributed by atoms with Crippen molar-refractivity contribution in [2.45, 2.75) is 111 Å². The number of aliphatic hydroxyl groups excluding tert-OH is 1. The fourth-order valence-corrected chi connectivity index (χ4v) is 1.94. The topological polar surface area (TPSA) is 37.3 Å². The Morgan fingerprint density at radius 2 is 1.41 bits per heavy atom. The number of carbonyl (C=O) groups is 1. The molecule has 22 heavy (non-hydrogen) atoms. The zero-order valence-corrected chi connectivity index (χ0v) is 18.0. The molecule has 0 heterocycles. The molecule has 3 radical (unpaired) electrons. The third-order valence-electron chi connectivity index (χ3n) is 3.57. The minimum atomic E-state index is -0.0446. The molecule has 0 aliphatic carbocycles. The zero-order valence-electron chi connectivity index (χ0n) is 17.0. The van der Waals surface area contributed by atoms with Crippen LogP contribution >= 0.6 is 0 Å². The van der Waals surface area contributed by atoms with Crippen LogP contribution in [0.3, 0.4) is 0 Å². The van der Waals surface area contributed by atoms with Crippen molar-refractivity contribution in [1.82, 2.24) is 0 Å². The van der Waals surface area contributed by atoms with Crippen LogP contribution in [0.5, 0.6) is 0 Å². The van der Waals surface area contributed by atoms with E-state index in [4.69, 9.17) is 5.11 Å². The number of rotatable bonds is 12. The Hall–Kier alpha value is 0.695. The van der Waals surface area contributed by atoms with Gasteiger partial charge in [0.1, 0.15) is 5.78 Å². The van der Waals surface area contributed by atoms with E-state index in [0.717, 1.165) is 25.7 Å². The second-order valence-corrected chi connectivity index (χ2v) is 5.61. The van der Waals surface area contributed by atoms with Gasteiger partial charge >= 0.3 is 29.6 Å². The van der Waals surface area contributed by atoms with Crippen molar-refractivity contribution in [2.75, 3.05) is 0 Å². The largest absolute Gasteiger partial charge is 1.00 e. The van der Waals surface area contributed by atoms with Crippen molar-refractivity contribution in [3.05, 3.63) is 0 Å². The maximum Gasteiger partial charge on any atom is 1.00 e. The monoisotopic (exact) mass is 321 g/mol. The average molecular weight is 321 g/mol. The molecule has 0 rings (SSSR count). The molecule has 4 heteroatoms. The van der Waals surface area contributed by atoms with Crippen LogP contribution in [-0.4, -0.2) is 25.4 Å². The summed E-state index contributed by atoms with van der Waals surface area (Å²) in [5.74, 6) is 0.413. The van der Waals surface area contributed by atoms with Gasteiger partial charge in [0.15, 0.2) is 0 Å². The number of Topliss-reactive ketones (excluding diaryl/α,β-unsaturated/α-hetero) is 1. The molecule has 0 aromatic carbocycles. The molecule has 1 atom stereocenters. The van der Waals surface area contributed by atoms with E-state index in [1.54, 1.807) is 0 Å². The Morgan fingerprint density at radius 1 is 0.909 bits per heavy atom. The Labute approximate surface area is 165 Å². The molecule has 0 amide bonds. The Bertz CT molecular complexity index is 207. The second kappa shape index (κ2) is 26.6. The van der Waals surface area contributed by atoms with Gasteiger partial charge < -0.3 is 6.53 Å². The van der Waals surface area contributed by atoms with Crippen LogP contribution in [-0.2, 0) is 4.79 Å². The first-order valence-corrected chi connectivity index (χ1v) is 8.81. The van der Waals surface area contributed by atoms with Crippen LogP contribution < -0.4 is 29.6 Å². The van der Waals surface area contributed by atoms with Gasteiger partial charge in [-0.2, -0.15) is 0 Å². The third kappa shape index (κ3) is 28.8. The predicted octanol–water partition coefficient (Wildman–Crippen LogP) is 2.40. The third-order valence-corrected chi connectivity index (χ3v) is 3.57. The molecule has 0 saturated heterocycles. The van der Waals surface area contributed by atoms with Crippen LogP contribution in [0.2, 0.25) is 0 Å². The van der Waals surface area contributed by atoms with Gasteiger partial charge in [-0.05, 0) is 19.3 Å². The van der Waals surface area contributed by atoms with Gasteiger partial charge in [0.25, 0.3) is 0 Å². The molecule has 0 aliphatic rings.